The molecule has 0 fully saturated rings. The second-order valence-electron chi connectivity index (χ2n) is 12.3. The molecule has 0 spiro atoms. The van der Waals surface area contributed by atoms with Crippen molar-refractivity contribution in [3.63, 3.8) is 0 Å². The van der Waals surface area contributed by atoms with E-state index in [0.29, 0.717) is 0 Å². The first-order valence-corrected chi connectivity index (χ1v) is 110. The van der Waals surface area contributed by atoms with E-state index in [1.54, 1.807) is 20.8 Å². The molecular weight excluding hydrogens is 2420 g/mol. The fourth-order valence-electron chi connectivity index (χ4n) is 2.63. The summed E-state index contributed by atoms with van der Waals surface area (Å²) in [5, 5.41) is -89.0. The Balaban J connectivity index is 8.62. The third kappa shape index (κ3) is 15.7. The average molecular weight is 2430 g/mol. The van der Waals surface area contributed by atoms with Crippen molar-refractivity contribution in [1.29, 1.82) is 0 Å². The van der Waals surface area contributed by atoms with Crippen molar-refractivity contribution in [3.8, 4) is 0 Å². The Hall–Kier alpha value is 18.4. The van der Waals surface area contributed by atoms with Crippen molar-refractivity contribution in [2.75, 3.05) is 0 Å². The van der Waals surface area contributed by atoms with Gasteiger partial charge in [-0.3, -0.25) is 0 Å². The van der Waals surface area contributed by atoms with Gasteiger partial charge in [0.15, 0.2) is 0 Å². The van der Waals surface area contributed by atoms with Crippen LogP contribution in [0.2, 0.25) is 0 Å². The van der Waals surface area contributed by atoms with E-state index >= 15 is 3.89 Å². The van der Waals surface area contributed by atoms with Crippen LogP contribution in [-0.2, 0) is 669 Å². The molecule has 0 aliphatic heterocycles. The Morgan fingerprint density at radius 1 is 0.225 bits per heavy atom. The van der Waals surface area contributed by atoms with Crippen molar-refractivity contribution in [2.45, 2.75) is 26.4 Å². The molecule has 0 rings (SSSR count). The summed E-state index contributed by atoms with van der Waals surface area (Å²) in [4.78, 5) is 13.5. The predicted octanol–water partition coefficient (Wildman–Crippen LogP) is 1.72. The van der Waals surface area contributed by atoms with Crippen LogP contribution in [0.4, 0.5) is 8.68 Å². The van der Waals surface area contributed by atoms with E-state index in [2.05, 4.69) is 0 Å². The van der Waals surface area contributed by atoms with Gasteiger partial charge in [-0.15, -0.1) is 3.89 Å². The number of hydrogen-bond acceptors (Lipinski definition) is 50. The average Bonchev–Trinajstić information content (AvgIpc) is 3.20. The van der Waals surface area contributed by atoms with Crippen LogP contribution in [0.25, 0.3) is 0 Å². The molecule has 2 nitrogen and oxygen atoms in total. The van der Waals surface area contributed by atoms with Crippen LogP contribution in [0, 0.1) is 0 Å². The summed E-state index contributed by atoms with van der Waals surface area (Å²) < 4.78 is 20.9. The largest absolute Gasteiger partial charge is 0.451 e. The van der Waals surface area contributed by atoms with Crippen molar-refractivity contribution in [3.05, 3.63) is 0 Å². The molecule has 75 heteroatoms. The highest BCUT2D eigenvalue weighted by atomic mass is 34.5. The van der Waals surface area contributed by atoms with E-state index in [-0.39, 0.29) is 0 Å². The van der Waals surface area contributed by atoms with Crippen LogP contribution in [-0.4, -0.2) is 10.9 Å². The Morgan fingerprint density at radius 3 is 0.425 bits per heavy atom. The SMILES string of the molecule is CC(C)(C)OC(=O)S(=S)(=S)S(=S)(=S)S(=S)(=S)S(=S)(=S)S(=S)(=S)S(=S)(=S)S(=S)(=S)S(=S)(=S)S(=S)(=S)S(=S)(=S)S(=S)(=S)S(=S)(=S)S(=S)(=S)S(=S)(=S)S(=S)(=S)S(=S)(=S)S(=S)(=S)S(=S)(=S)S(=S)(=S)S(=S)(=S)S(=S)(=S)S(=S)(=S)S(=S)(=S)S(F)(=S)=S. The van der Waals surface area contributed by atoms with Gasteiger partial charge in [0.1, 0.15) is 12.2 Å². The lowest BCUT2D eigenvalue weighted by Crippen LogP contribution is -2.41. The summed E-state index contributed by atoms with van der Waals surface area (Å²) in [7, 11) is 0. The van der Waals surface area contributed by atoms with Gasteiger partial charge >= 0.3 is 5.30 Å². The quantitative estimate of drug-likeness (QED) is 0.0845. The molecule has 0 aromatic carbocycles. The molecule has 0 N–H and O–H groups in total. The standard InChI is InChI=1S/C5H9FO2S72/c1-5(2,3)8-4(7)57(9,10)59(13,14)61(17,18)63(21,22)65(25,26)67(29,30)69(33,34)71(37,38)73(41,42)75(45,46)77(49,50)79(53,54)80(55,56)78(51,52)76(47,48)74(43,44)72(39,40)70(35,36)68(31,32)66(27,28)64(23,24)62(19,20)60(15,16)58(6,11)12/h1-3H3. The van der Waals surface area contributed by atoms with Gasteiger partial charge < -0.3 is 4.74 Å². The van der Waals surface area contributed by atoms with Gasteiger partial charge in [0.05, 0.1) is 11.4 Å². The van der Waals surface area contributed by atoms with Gasteiger partial charge in [0.25, 0.3) is 0 Å². The normalized spacial score (nSPS) is 16.7. The molecule has 0 saturated carbocycles. The van der Waals surface area contributed by atoms with E-state index < -0.39 is 138 Å². The van der Waals surface area contributed by atoms with Crippen LogP contribution in [0.1, 0.15) is 20.8 Å². The first-order chi connectivity index (χ1) is 33.4. The molecule has 0 atom stereocenters. The number of rotatable bonds is 23. The van der Waals surface area contributed by atoms with Crippen LogP contribution < -0.4 is 0 Å². The fourth-order valence-corrected chi connectivity index (χ4v) is 538. The van der Waals surface area contributed by atoms with Gasteiger partial charge in [-0.1, -0.05) is 0 Å². The topological polar surface area (TPSA) is 26.3 Å². The van der Waals surface area contributed by atoms with E-state index in [0.717, 1.165) is 0 Å². The van der Waals surface area contributed by atoms with Crippen molar-refractivity contribution >= 4 is 670 Å². The first kappa shape index (κ1) is 98.4. The Bertz CT molecular complexity index is 5780. The van der Waals surface area contributed by atoms with Gasteiger partial charge in [0.2, 0.25) is 0 Å². The lowest BCUT2D eigenvalue weighted by Gasteiger charge is -2.37. The highest BCUT2D eigenvalue weighted by molar-refractivity contribution is 9.81. The fraction of sp³-hybridized carbons (Fsp3) is 0.800. The zero-order chi connectivity index (χ0) is 66.8. The van der Waals surface area contributed by atoms with Gasteiger partial charge in [0, 0.05) is 109 Å². The van der Waals surface area contributed by atoms with Crippen LogP contribution in [0.15, 0.2) is 0 Å². The monoisotopic (exact) mass is 2420 g/mol. The number of halogens is 1. The zero-order valence-corrected chi connectivity index (χ0v) is 93.4. The summed E-state index contributed by atoms with van der Waals surface area (Å²) in [5.41, 5.74) is -1.11. The molecule has 480 valence electrons. The minimum Gasteiger partial charge on any atom is -0.451 e. The summed E-state index contributed by atoms with van der Waals surface area (Å²) in [6.07, 6.45) is -3.73. The third-order valence-electron chi connectivity index (χ3n) is 6.36. The molecule has 0 aromatic heterocycles. The van der Waals surface area contributed by atoms with E-state index in [4.69, 9.17) is 542 Å². The van der Waals surface area contributed by atoms with Gasteiger partial charge in [-0.25, -0.2) is 4.79 Å². The Labute approximate surface area is 689 Å². The van der Waals surface area contributed by atoms with Crippen LogP contribution >= 0.6 is 0 Å². The van der Waals surface area contributed by atoms with E-state index in [1.807, 2.05) is 0 Å². The highest BCUT2D eigenvalue weighted by Crippen LogP contribution is 2.45. The first-order valence-electron chi connectivity index (χ1n) is 14.3. The minimum absolute atomic E-state index is 1.11. The molecule has 0 aromatic rings. The second kappa shape index (κ2) is 30.4. The Kier molecular flexibility index (Phi) is 37.4. The summed E-state index contributed by atoms with van der Waals surface area (Å²) in [6.45, 7) is 0.430. The maximum absolute atomic E-state index is 15.4. The molecule has 0 bridgehead atoms. The molecule has 0 amide bonds. The molecule has 0 unspecified atom stereocenters. The molecule has 0 radical (unpaired) electrons. The number of hydrogen-bond donors (Lipinski definition) is 0. The second-order valence-corrected chi connectivity index (χ2v) is 260. The van der Waals surface area contributed by atoms with Crippen LogP contribution in [0.3, 0.4) is 0 Å². The number of ether oxygens (including phenoxy) is 1. The third-order valence-corrected chi connectivity index (χ3v) is 459. The van der Waals surface area contributed by atoms with Gasteiger partial charge in [-0.05, 0) is 558 Å². The highest BCUT2D eigenvalue weighted by Gasteiger charge is 2.49. The molecule has 80 heavy (non-hydrogen) atoms. The summed E-state index contributed by atoms with van der Waals surface area (Å²) in [5.74, 6) is 0. The summed E-state index contributed by atoms with van der Waals surface area (Å²) in [6, 6.07) is 0. The van der Waals surface area contributed by atoms with E-state index in [1.165, 1.54) is 0 Å². The molecule has 0 heterocycles. The predicted molar refractivity (Wildman–Crippen MR) is 558 cm³/mol. The maximum atomic E-state index is 15.4. The number of carbonyl (C=O) groups excluding carboxylic acids is 1. The smallest absolute Gasteiger partial charge is 0.386 e. The van der Waals surface area contributed by atoms with Crippen molar-refractivity contribution < 1.29 is 13.4 Å². The lowest BCUT2D eigenvalue weighted by atomic mass is 10.2. The summed E-state index contributed by atoms with van der Waals surface area (Å²) >= 11 is 284. The molecule has 0 aliphatic rings. The minimum atomic E-state index is -4.20. The van der Waals surface area contributed by atoms with Crippen molar-refractivity contribution in [1.82, 2.24) is 0 Å². The van der Waals surface area contributed by atoms with Gasteiger partial charge in [-0.2, -0.15) is 0 Å². The number of carbonyl (C=O) groups is 1. The molecule has 0 saturated heterocycles. The molecule has 0 aliphatic carbocycles. The van der Waals surface area contributed by atoms with Crippen molar-refractivity contribution in [2.24, 2.45) is 0 Å². The molecular formula is C5H9FO2S72. The zero-order valence-electron chi connectivity index (χ0n) is 34.6. The Morgan fingerprint density at radius 2 is 0.325 bits per heavy atom. The lowest BCUT2D eigenvalue weighted by molar-refractivity contribution is 0.0737. The van der Waals surface area contributed by atoms with E-state index in [9.17, 15) is 4.79 Å². The van der Waals surface area contributed by atoms with Crippen LogP contribution in [0.5, 0.6) is 0 Å². The maximum Gasteiger partial charge on any atom is 0.386 e.